The van der Waals surface area contributed by atoms with Crippen molar-refractivity contribution < 1.29 is 13.3 Å². The Hall–Kier alpha value is -1.67. The molecule has 1 saturated carbocycles. The number of anilines is 1. The van der Waals surface area contributed by atoms with Crippen molar-refractivity contribution in [2.45, 2.75) is 31.1 Å². The van der Waals surface area contributed by atoms with E-state index in [0.29, 0.717) is 6.54 Å². The molecule has 1 fully saturated rings. The minimum Gasteiger partial charge on any atom is -0.383 e. The third-order valence-electron chi connectivity index (χ3n) is 4.09. The number of nitrogens with zero attached hydrogens (tertiary/aromatic N) is 1. The van der Waals surface area contributed by atoms with Gasteiger partial charge in [0.2, 0.25) is 10.0 Å². The molecule has 1 aliphatic rings. The van der Waals surface area contributed by atoms with Crippen molar-refractivity contribution in [2.24, 2.45) is 5.41 Å². The molecule has 0 radical (unpaired) electrons. The fourth-order valence-corrected chi connectivity index (χ4v) is 3.38. The molecule has 1 aliphatic carbocycles. The summed E-state index contributed by atoms with van der Waals surface area (Å²) >= 11 is 0. The number of hydrogen-bond donors (Lipinski definition) is 2. The lowest BCUT2D eigenvalue weighted by Crippen LogP contribution is -2.30. The fourth-order valence-electron chi connectivity index (χ4n) is 2.20. The van der Waals surface area contributed by atoms with E-state index < -0.39 is 14.9 Å². The molecule has 0 heterocycles. The van der Waals surface area contributed by atoms with Gasteiger partial charge >= 0.3 is 0 Å². The van der Waals surface area contributed by atoms with E-state index in [-0.39, 0.29) is 21.7 Å². The number of benzene rings is 1. The van der Waals surface area contributed by atoms with Crippen LogP contribution in [0.5, 0.6) is 0 Å². The Morgan fingerprint density at radius 3 is 2.52 bits per heavy atom. The van der Waals surface area contributed by atoms with Gasteiger partial charge in [0, 0.05) is 19.7 Å². The number of nitro groups is 1. The molecule has 0 saturated heterocycles. The van der Waals surface area contributed by atoms with Gasteiger partial charge in [0.15, 0.2) is 0 Å². The molecular formula is C13H19N3O4S. The van der Waals surface area contributed by atoms with Crippen LogP contribution in [-0.2, 0) is 10.0 Å². The summed E-state index contributed by atoms with van der Waals surface area (Å²) in [6, 6.07) is 3.85. The Morgan fingerprint density at radius 2 is 2.05 bits per heavy atom. The molecule has 0 aromatic heterocycles. The SMILES string of the molecule is CCC1(CNS(=O)(=O)c2ccc(NC)c([N+](=O)[O-])c2)CC1. The van der Waals surface area contributed by atoms with Gasteiger partial charge < -0.3 is 5.32 Å². The van der Waals surface area contributed by atoms with Crippen molar-refractivity contribution in [1.29, 1.82) is 0 Å². The van der Waals surface area contributed by atoms with Crippen LogP contribution in [0.4, 0.5) is 11.4 Å². The predicted octanol–water partition coefficient (Wildman–Crippen LogP) is 2.10. The van der Waals surface area contributed by atoms with E-state index in [1.165, 1.54) is 12.1 Å². The van der Waals surface area contributed by atoms with Crippen LogP contribution in [0.2, 0.25) is 0 Å². The standard InChI is InChI=1S/C13H19N3O4S/c1-3-13(6-7-13)9-15-21(19,20)10-4-5-11(14-2)12(8-10)16(17)18/h4-5,8,14-15H,3,6-7,9H2,1-2H3. The Bertz CT molecular complexity index is 653. The van der Waals surface area contributed by atoms with Crippen molar-refractivity contribution in [3.05, 3.63) is 28.3 Å². The number of nitrogens with one attached hydrogen (secondary N) is 2. The highest BCUT2D eigenvalue weighted by Gasteiger charge is 2.41. The Balaban J connectivity index is 2.23. The zero-order valence-electron chi connectivity index (χ0n) is 12.0. The van der Waals surface area contributed by atoms with Crippen LogP contribution >= 0.6 is 0 Å². The first kappa shape index (κ1) is 15.7. The highest BCUT2D eigenvalue weighted by molar-refractivity contribution is 7.89. The molecule has 0 amide bonds. The molecule has 2 N–H and O–H groups in total. The van der Waals surface area contributed by atoms with Crippen LogP contribution in [0.3, 0.4) is 0 Å². The van der Waals surface area contributed by atoms with Gasteiger partial charge in [-0.15, -0.1) is 0 Å². The molecule has 21 heavy (non-hydrogen) atoms. The molecule has 7 nitrogen and oxygen atoms in total. The molecular weight excluding hydrogens is 294 g/mol. The lowest BCUT2D eigenvalue weighted by molar-refractivity contribution is -0.384. The molecule has 0 spiro atoms. The zero-order chi connectivity index (χ0) is 15.7. The van der Waals surface area contributed by atoms with E-state index in [2.05, 4.69) is 10.0 Å². The predicted molar refractivity (Wildman–Crippen MR) is 79.8 cm³/mol. The van der Waals surface area contributed by atoms with Crippen molar-refractivity contribution in [2.75, 3.05) is 18.9 Å². The van der Waals surface area contributed by atoms with E-state index in [1.54, 1.807) is 7.05 Å². The largest absolute Gasteiger partial charge is 0.383 e. The summed E-state index contributed by atoms with van der Waals surface area (Å²) in [5, 5.41) is 13.7. The maximum absolute atomic E-state index is 12.2. The minimum absolute atomic E-state index is 0.0733. The van der Waals surface area contributed by atoms with Gasteiger partial charge in [0.05, 0.1) is 9.82 Å². The number of rotatable bonds is 7. The quantitative estimate of drug-likeness (QED) is 0.593. The number of nitro benzene ring substituents is 1. The third kappa shape index (κ3) is 3.33. The average Bonchev–Trinajstić information content (AvgIpc) is 3.25. The summed E-state index contributed by atoms with van der Waals surface area (Å²) in [5.74, 6) is 0. The molecule has 0 bridgehead atoms. The topological polar surface area (TPSA) is 101 Å². The molecule has 0 aliphatic heterocycles. The Morgan fingerprint density at radius 1 is 1.38 bits per heavy atom. The monoisotopic (exact) mass is 313 g/mol. The summed E-state index contributed by atoms with van der Waals surface area (Å²) in [6.45, 7) is 2.42. The smallest absolute Gasteiger partial charge is 0.293 e. The van der Waals surface area contributed by atoms with E-state index >= 15 is 0 Å². The summed E-state index contributed by atoms with van der Waals surface area (Å²) < 4.78 is 27.0. The average molecular weight is 313 g/mol. The summed E-state index contributed by atoms with van der Waals surface area (Å²) in [7, 11) is -2.18. The van der Waals surface area contributed by atoms with Crippen molar-refractivity contribution in [1.82, 2.24) is 4.72 Å². The Kier molecular flexibility index (Phi) is 4.20. The number of sulfonamides is 1. The normalized spacial score (nSPS) is 16.5. The van der Waals surface area contributed by atoms with Crippen molar-refractivity contribution in [3.8, 4) is 0 Å². The maximum Gasteiger partial charge on any atom is 0.293 e. The van der Waals surface area contributed by atoms with Crippen LogP contribution in [0.25, 0.3) is 0 Å². The molecule has 2 rings (SSSR count). The highest BCUT2D eigenvalue weighted by Crippen LogP contribution is 2.48. The second-order valence-corrected chi connectivity index (χ2v) is 7.13. The van der Waals surface area contributed by atoms with Crippen LogP contribution in [0.15, 0.2) is 23.1 Å². The third-order valence-corrected chi connectivity index (χ3v) is 5.49. The van der Waals surface area contributed by atoms with E-state index in [9.17, 15) is 18.5 Å². The maximum atomic E-state index is 12.2. The van der Waals surface area contributed by atoms with Crippen molar-refractivity contribution in [3.63, 3.8) is 0 Å². The van der Waals surface area contributed by atoms with Gasteiger partial charge in [-0.2, -0.15) is 0 Å². The summed E-state index contributed by atoms with van der Waals surface area (Å²) in [6.07, 6.45) is 2.96. The first-order valence-electron chi connectivity index (χ1n) is 6.79. The molecule has 8 heteroatoms. The van der Waals surface area contributed by atoms with Crippen LogP contribution < -0.4 is 10.0 Å². The van der Waals surface area contributed by atoms with Gasteiger partial charge in [-0.1, -0.05) is 6.92 Å². The molecule has 1 aromatic carbocycles. The van der Waals surface area contributed by atoms with Gasteiger partial charge in [0.1, 0.15) is 5.69 Å². The lowest BCUT2D eigenvalue weighted by atomic mass is 10.1. The summed E-state index contributed by atoms with van der Waals surface area (Å²) in [5.41, 5.74) is 0.104. The second-order valence-electron chi connectivity index (χ2n) is 5.36. The van der Waals surface area contributed by atoms with E-state index in [0.717, 1.165) is 25.3 Å². The van der Waals surface area contributed by atoms with E-state index in [1.807, 2.05) is 6.92 Å². The van der Waals surface area contributed by atoms with Crippen LogP contribution in [0.1, 0.15) is 26.2 Å². The minimum atomic E-state index is -3.73. The first-order chi connectivity index (χ1) is 9.83. The fraction of sp³-hybridized carbons (Fsp3) is 0.538. The second kappa shape index (κ2) is 5.61. The first-order valence-corrected chi connectivity index (χ1v) is 8.28. The zero-order valence-corrected chi connectivity index (χ0v) is 12.9. The molecule has 0 unspecified atom stereocenters. The van der Waals surface area contributed by atoms with Gasteiger partial charge in [-0.25, -0.2) is 13.1 Å². The molecule has 116 valence electrons. The lowest BCUT2D eigenvalue weighted by Gasteiger charge is -2.14. The number of hydrogen-bond acceptors (Lipinski definition) is 5. The van der Waals surface area contributed by atoms with Gasteiger partial charge in [-0.3, -0.25) is 10.1 Å². The van der Waals surface area contributed by atoms with Gasteiger partial charge in [0.25, 0.3) is 5.69 Å². The van der Waals surface area contributed by atoms with Crippen molar-refractivity contribution >= 4 is 21.4 Å². The highest BCUT2D eigenvalue weighted by atomic mass is 32.2. The summed E-state index contributed by atoms with van der Waals surface area (Å²) in [4.78, 5) is 10.3. The van der Waals surface area contributed by atoms with E-state index in [4.69, 9.17) is 0 Å². The molecule has 0 atom stereocenters. The molecule has 1 aromatic rings. The van der Waals surface area contributed by atoms with Crippen LogP contribution in [0, 0.1) is 15.5 Å². The van der Waals surface area contributed by atoms with Gasteiger partial charge in [-0.05, 0) is 36.8 Å². The Labute approximate surface area is 123 Å². The van der Waals surface area contributed by atoms with Crippen LogP contribution in [-0.4, -0.2) is 26.9 Å².